The third-order valence-electron chi connectivity index (χ3n) is 7.32. The minimum Gasteiger partial charge on any atom is -0.0879 e. The van der Waals surface area contributed by atoms with Crippen molar-refractivity contribution in [2.45, 2.75) is 20.3 Å². The van der Waals surface area contributed by atoms with Gasteiger partial charge < -0.3 is 0 Å². The van der Waals surface area contributed by atoms with Crippen molar-refractivity contribution < 1.29 is 0 Å². The highest BCUT2D eigenvalue weighted by molar-refractivity contribution is 5.98. The first-order valence-electron chi connectivity index (χ1n) is 11.0. The van der Waals surface area contributed by atoms with E-state index >= 15 is 0 Å². The van der Waals surface area contributed by atoms with E-state index < -0.39 is 0 Å². The highest BCUT2D eigenvalue weighted by atomic mass is 14.6. The number of benzene rings is 4. The average Bonchev–Trinajstić information content (AvgIpc) is 3.29. The van der Waals surface area contributed by atoms with E-state index in [9.17, 15) is 0 Å². The molecule has 30 heavy (non-hydrogen) atoms. The summed E-state index contributed by atoms with van der Waals surface area (Å²) in [5.74, 6) is 4.28. The summed E-state index contributed by atoms with van der Waals surface area (Å²) in [6, 6.07) is 31.5. The molecule has 2 radical (unpaired) electrons. The molecule has 2 aliphatic carbocycles. The van der Waals surface area contributed by atoms with Crippen molar-refractivity contribution in [2.75, 3.05) is 0 Å². The van der Waals surface area contributed by atoms with Gasteiger partial charge in [-0.25, -0.2) is 0 Å². The molecule has 0 amide bonds. The van der Waals surface area contributed by atoms with Gasteiger partial charge in [0.25, 0.3) is 0 Å². The molecule has 1 saturated carbocycles. The first kappa shape index (κ1) is 18.0. The van der Waals surface area contributed by atoms with Gasteiger partial charge in [-0.05, 0) is 68.5 Å². The molecule has 0 heterocycles. The van der Waals surface area contributed by atoms with Crippen molar-refractivity contribution in [3.05, 3.63) is 120 Å². The number of hydrogen-bond donors (Lipinski definition) is 0. The maximum atomic E-state index is 2.46. The van der Waals surface area contributed by atoms with Crippen LogP contribution in [0.15, 0.2) is 97.1 Å². The van der Waals surface area contributed by atoms with E-state index in [1.807, 2.05) is 0 Å². The molecule has 0 N–H and O–H groups in total. The molecule has 6 rings (SSSR count). The van der Waals surface area contributed by atoms with Gasteiger partial charge >= 0.3 is 0 Å². The van der Waals surface area contributed by atoms with E-state index in [-0.39, 0.29) is 5.41 Å². The van der Waals surface area contributed by atoms with Crippen molar-refractivity contribution in [3.63, 3.8) is 0 Å². The Morgan fingerprint density at radius 2 is 1.30 bits per heavy atom. The predicted molar refractivity (Wildman–Crippen MR) is 127 cm³/mol. The van der Waals surface area contributed by atoms with Crippen LogP contribution in [0, 0.1) is 29.1 Å². The number of allylic oxidation sites excluding steroid dienone is 2. The molecule has 146 valence electrons. The topological polar surface area (TPSA) is 0 Å². The van der Waals surface area contributed by atoms with Gasteiger partial charge in [0, 0.05) is 11.8 Å². The van der Waals surface area contributed by atoms with E-state index in [4.69, 9.17) is 0 Å². The number of fused-ring (bicyclic) bond motifs is 3. The number of rotatable bonds is 2. The van der Waals surface area contributed by atoms with Gasteiger partial charge in [0.15, 0.2) is 0 Å². The lowest BCUT2D eigenvalue weighted by Gasteiger charge is -2.35. The second kappa shape index (κ2) is 6.57. The zero-order valence-corrected chi connectivity index (χ0v) is 17.6. The van der Waals surface area contributed by atoms with Crippen LogP contribution < -0.4 is 0 Å². The first-order valence-corrected chi connectivity index (χ1v) is 11.0. The summed E-state index contributed by atoms with van der Waals surface area (Å²) in [6.45, 7) is 4.86. The molecule has 4 aromatic carbocycles. The third kappa shape index (κ3) is 2.59. The predicted octanol–water partition coefficient (Wildman–Crippen LogP) is 7.77. The smallest absolute Gasteiger partial charge is 0.0187 e. The van der Waals surface area contributed by atoms with Gasteiger partial charge in [0.2, 0.25) is 0 Å². The Bertz CT molecular complexity index is 1260. The Morgan fingerprint density at radius 3 is 2.07 bits per heavy atom. The molecule has 0 aliphatic heterocycles. The molecule has 0 heteroatoms. The monoisotopic (exact) mass is 386 g/mol. The van der Waals surface area contributed by atoms with Crippen LogP contribution >= 0.6 is 0 Å². The van der Waals surface area contributed by atoms with Crippen molar-refractivity contribution in [1.82, 2.24) is 0 Å². The maximum absolute atomic E-state index is 2.46. The molecule has 4 aromatic rings. The molecule has 0 saturated heterocycles. The Hall–Kier alpha value is -2.86. The molecular weight excluding hydrogens is 360 g/mol. The van der Waals surface area contributed by atoms with Crippen molar-refractivity contribution in [1.29, 1.82) is 0 Å². The van der Waals surface area contributed by atoms with Crippen molar-refractivity contribution in [3.8, 4) is 0 Å². The molecule has 2 aliphatic rings. The van der Waals surface area contributed by atoms with E-state index in [2.05, 4.69) is 111 Å². The summed E-state index contributed by atoms with van der Waals surface area (Å²) >= 11 is 0. The van der Waals surface area contributed by atoms with Gasteiger partial charge in [-0.15, -0.1) is 0 Å². The van der Waals surface area contributed by atoms with E-state index in [1.165, 1.54) is 32.7 Å². The van der Waals surface area contributed by atoms with Gasteiger partial charge in [-0.2, -0.15) is 0 Å². The average molecular weight is 387 g/mol. The zero-order valence-electron chi connectivity index (χ0n) is 17.6. The van der Waals surface area contributed by atoms with Crippen molar-refractivity contribution >= 4 is 21.5 Å². The van der Waals surface area contributed by atoms with Crippen molar-refractivity contribution in [2.24, 2.45) is 17.3 Å². The summed E-state index contributed by atoms with van der Waals surface area (Å²) in [7, 11) is 0. The van der Waals surface area contributed by atoms with Crippen LogP contribution in [0.1, 0.15) is 31.4 Å². The van der Waals surface area contributed by atoms with Crippen LogP contribution in [0.5, 0.6) is 0 Å². The van der Waals surface area contributed by atoms with Crippen LogP contribution in [0.25, 0.3) is 21.5 Å². The fourth-order valence-electron chi connectivity index (χ4n) is 6.13. The third-order valence-corrected chi connectivity index (χ3v) is 7.32. The Morgan fingerprint density at radius 1 is 0.633 bits per heavy atom. The SMILES string of the molecule is CC1(C)[C](c2ccc3cc4ccccc4cc3c2)C2C=CCC2[C]1c1ccccc1. The second-order valence-electron chi connectivity index (χ2n) is 9.38. The van der Waals surface area contributed by atoms with E-state index in [0.717, 1.165) is 6.42 Å². The van der Waals surface area contributed by atoms with Gasteiger partial charge in [-0.3, -0.25) is 0 Å². The quantitative estimate of drug-likeness (QED) is 0.244. The Labute approximate surface area is 179 Å². The molecule has 0 nitrogen and oxygen atoms in total. The molecule has 0 bridgehead atoms. The highest BCUT2D eigenvalue weighted by Gasteiger charge is 2.56. The van der Waals surface area contributed by atoms with Gasteiger partial charge in [0.1, 0.15) is 0 Å². The largest absolute Gasteiger partial charge is 0.0879 e. The summed E-state index contributed by atoms with van der Waals surface area (Å²) < 4.78 is 0. The standard InChI is InChI=1S/C30H26/c1-30(2)28(20-9-4-3-5-10-20)26-13-8-14-27(26)29(30)24-16-15-23-17-21-11-6-7-12-22(21)18-25(23)19-24/h3-12,14-19,26-27H,13H2,1-2H3. The first-order chi connectivity index (χ1) is 14.6. The lowest BCUT2D eigenvalue weighted by Crippen LogP contribution is -2.26. The van der Waals surface area contributed by atoms with E-state index in [1.54, 1.807) is 11.8 Å². The maximum Gasteiger partial charge on any atom is 0.0187 e. The van der Waals surface area contributed by atoms with Crippen LogP contribution in [-0.2, 0) is 0 Å². The Balaban J connectivity index is 1.49. The summed E-state index contributed by atoms with van der Waals surface area (Å²) in [4.78, 5) is 0. The fraction of sp³-hybridized carbons (Fsp3) is 0.200. The summed E-state index contributed by atoms with van der Waals surface area (Å²) in [5, 5.41) is 5.28. The van der Waals surface area contributed by atoms with Gasteiger partial charge in [-0.1, -0.05) is 98.8 Å². The normalized spacial score (nSPS) is 23.4. The minimum atomic E-state index is 0.0476. The minimum absolute atomic E-state index is 0.0476. The lowest BCUT2D eigenvalue weighted by atomic mass is 9.68. The highest BCUT2D eigenvalue weighted by Crippen LogP contribution is 2.64. The Kier molecular flexibility index (Phi) is 3.93. The summed E-state index contributed by atoms with van der Waals surface area (Å²) in [5.41, 5.74) is 2.85. The second-order valence-corrected chi connectivity index (χ2v) is 9.38. The summed E-state index contributed by atoms with van der Waals surface area (Å²) in [6.07, 6.45) is 6.00. The fourth-order valence-corrected chi connectivity index (χ4v) is 6.13. The molecule has 0 aromatic heterocycles. The van der Waals surface area contributed by atoms with E-state index in [0.29, 0.717) is 11.8 Å². The van der Waals surface area contributed by atoms with Crippen LogP contribution in [0.4, 0.5) is 0 Å². The lowest BCUT2D eigenvalue weighted by molar-refractivity contribution is 0.451. The molecule has 0 spiro atoms. The molecule has 1 fully saturated rings. The number of hydrogen-bond acceptors (Lipinski definition) is 0. The van der Waals surface area contributed by atoms with Crippen LogP contribution in [-0.4, -0.2) is 0 Å². The zero-order chi connectivity index (χ0) is 20.3. The molecule has 2 atom stereocenters. The molecular formula is C30H26. The van der Waals surface area contributed by atoms with Crippen LogP contribution in [0.3, 0.4) is 0 Å². The molecule has 2 unspecified atom stereocenters. The van der Waals surface area contributed by atoms with Gasteiger partial charge in [0.05, 0.1) is 0 Å². The van der Waals surface area contributed by atoms with Crippen LogP contribution in [0.2, 0.25) is 0 Å².